The fourth-order valence-corrected chi connectivity index (χ4v) is 5.65. The average molecular weight is 652 g/mol. The lowest BCUT2D eigenvalue weighted by Crippen LogP contribution is -2.38. The Balaban J connectivity index is 0.00000353. The van der Waals surface area contributed by atoms with Crippen LogP contribution in [0.2, 0.25) is 0 Å². The number of hydrogen-bond acceptors (Lipinski definition) is 5. The van der Waals surface area contributed by atoms with E-state index in [0.717, 1.165) is 67.5 Å². The summed E-state index contributed by atoms with van der Waals surface area (Å²) in [5.74, 6) is 1.61. The second-order valence-electron chi connectivity index (χ2n) is 10.6. The van der Waals surface area contributed by atoms with Crippen molar-refractivity contribution in [1.82, 2.24) is 9.80 Å². The first-order chi connectivity index (χ1) is 21.1. The van der Waals surface area contributed by atoms with Crippen LogP contribution in [0.3, 0.4) is 0 Å². The molecule has 242 valence electrons. The summed E-state index contributed by atoms with van der Waals surface area (Å²) in [5.41, 5.74) is 2.28. The Morgan fingerprint density at radius 2 is 0.889 bits per heavy atom. The number of hydrogen-bond donors (Lipinski definition) is 0. The van der Waals surface area contributed by atoms with E-state index in [1.165, 1.54) is 0 Å². The van der Waals surface area contributed by atoms with Gasteiger partial charge >= 0.3 is 0 Å². The zero-order valence-electron chi connectivity index (χ0n) is 27.0. The number of benzene rings is 4. The minimum Gasteiger partial charge on any atom is -0.492 e. The van der Waals surface area contributed by atoms with E-state index < -0.39 is 5.41 Å². The molecule has 0 spiro atoms. The van der Waals surface area contributed by atoms with Crippen molar-refractivity contribution in [2.75, 3.05) is 52.5 Å². The average Bonchev–Trinajstić information content (AvgIpc) is 3.07. The Morgan fingerprint density at radius 1 is 0.533 bits per heavy atom. The van der Waals surface area contributed by atoms with Gasteiger partial charge in [0.25, 0.3) is 0 Å². The molecule has 0 atom stereocenters. The number of halogens is 2. The number of ketones is 1. The van der Waals surface area contributed by atoms with Crippen LogP contribution in [-0.4, -0.2) is 68.1 Å². The highest BCUT2D eigenvalue weighted by atomic mass is 35.5. The fourth-order valence-electron chi connectivity index (χ4n) is 5.65. The van der Waals surface area contributed by atoms with E-state index in [4.69, 9.17) is 9.47 Å². The van der Waals surface area contributed by atoms with Crippen LogP contribution in [0.4, 0.5) is 0 Å². The molecule has 0 heterocycles. The van der Waals surface area contributed by atoms with Crippen molar-refractivity contribution in [1.29, 1.82) is 0 Å². The molecule has 0 N–H and O–H groups in total. The maximum absolute atomic E-state index is 14.8. The van der Waals surface area contributed by atoms with E-state index in [0.29, 0.717) is 18.8 Å². The number of rotatable bonds is 17. The summed E-state index contributed by atoms with van der Waals surface area (Å²) in [6.07, 6.45) is 0. The predicted molar refractivity (Wildman–Crippen MR) is 191 cm³/mol. The fraction of sp³-hybridized carbons (Fsp3) is 0.342. The molecule has 0 bridgehead atoms. The van der Waals surface area contributed by atoms with Crippen LogP contribution in [-0.2, 0) is 5.41 Å². The van der Waals surface area contributed by atoms with Crippen LogP contribution in [0.25, 0.3) is 0 Å². The molecule has 4 rings (SSSR count). The van der Waals surface area contributed by atoms with E-state index in [9.17, 15) is 4.79 Å². The Bertz CT molecular complexity index is 1310. The lowest BCUT2D eigenvalue weighted by atomic mass is 9.65. The molecule has 7 heteroatoms. The van der Waals surface area contributed by atoms with E-state index in [2.05, 4.69) is 37.5 Å². The molecular formula is C38H48Cl2N2O3. The molecule has 0 amide bonds. The third kappa shape index (κ3) is 9.34. The summed E-state index contributed by atoms with van der Waals surface area (Å²) in [4.78, 5) is 19.5. The first-order valence-electron chi connectivity index (χ1n) is 15.6. The molecule has 0 aromatic heterocycles. The molecule has 0 saturated heterocycles. The Hall–Kier alpha value is -3.35. The summed E-state index contributed by atoms with van der Waals surface area (Å²) < 4.78 is 12.2. The molecule has 0 saturated carbocycles. The highest BCUT2D eigenvalue weighted by Gasteiger charge is 2.44. The smallest absolute Gasteiger partial charge is 0.182 e. The van der Waals surface area contributed by atoms with Crippen LogP contribution in [0, 0.1) is 0 Å². The molecule has 0 aliphatic rings. The summed E-state index contributed by atoms with van der Waals surface area (Å²) >= 11 is 0. The zero-order chi connectivity index (χ0) is 30.5. The van der Waals surface area contributed by atoms with Crippen LogP contribution < -0.4 is 9.47 Å². The standard InChI is InChI=1S/C38H46N2O3.2ClH/c1-5-39(6-2)27-29-42-35-23-19-33(20-24-35)38(32-17-13-10-14-18-32,37(41)31-15-11-9-12-16-31)34-21-25-36(26-22-34)43-30-28-40(7-3)8-4;;/h9-26H,5-8,27-30H2,1-4H3;2*1H. The topological polar surface area (TPSA) is 42.0 Å². The van der Waals surface area contributed by atoms with Gasteiger partial charge in [-0.25, -0.2) is 0 Å². The van der Waals surface area contributed by atoms with Crippen LogP contribution in [0.5, 0.6) is 11.5 Å². The van der Waals surface area contributed by atoms with Gasteiger partial charge in [0.2, 0.25) is 0 Å². The highest BCUT2D eigenvalue weighted by molar-refractivity contribution is 6.09. The number of nitrogens with zero attached hydrogens (tertiary/aromatic N) is 2. The summed E-state index contributed by atoms with van der Waals surface area (Å²) in [5, 5.41) is 0. The molecule has 0 aliphatic heterocycles. The van der Waals surface area contributed by atoms with Gasteiger partial charge in [0, 0.05) is 18.7 Å². The third-order valence-electron chi connectivity index (χ3n) is 8.30. The molecule has 0 radical (unpaired) electrons. The third-order valence-corrected chi connectivity index (χ3v) is 8.30. The maximum atomic E-state index is 14.8. The first-order valence-corrected chi connectivity index (χ1v) is 15.6. The lowest BCUT2D eigenvalue weighted by molar-refractivity contribution is 0.0935. The lowest BCUT2D eigenvalue weighted by Gasteiger charge is -2.35. The van der Waals surface area contributed by atoms with Crippen molar-refractivity contribution in [3.05, 3.63) is 131 Å². The van der Waals surface area contributed by atoms with E-state index >= 15 is 0 Å². The number of likely N-dealkylation sites (N-methyl/N-ethyl adjacent to an activating group) is 2. The monoisotopic (exact) mass is 650 g/mol. The van der Waals surface area contributed by atoms with Gasteiger partial charge in [0.15, 0.2) is 5.78 Å². The molecule has 5 nitrogen and oxygen atoms in total. The normalized spacial score (nSPS) is 11.1. The Morgan fingerprint density at radius 3 is 1.27 bits per heavy atom. The molecular weight excluding hydrogens is 603 g/mol. The molecule has 0 aliphatic carbocycles. The largest absolute Gasteiger partial charge is 0.492 e. The SMILES string of the molecule is CCN(CC)CCOc1ccc(C(C(=O)c2ccccc2)(c2ccccc2)c2ccc(OCCN(CC)CC)cc2)cc1.Cl.Cl. The van der Waals surface area contributed by atoms with Gasteiger partial charge in [-0.1, -0.05) is 113 Å². The van der Waals surface area contributed by atoms with Crippen LogP contribution >= 0.6 is 24.8 Å². The van der Waals surface area contributed by atoms with E-state index in [-0.39, 0.29) is 30.6 Å². The van der Waals surface area contributed by atoms with Crippen molar-refractivity contribution >= 4 is 30.6 Å². The molecule has 4 aromatic carbocycles. The van der Waals surface area contributed by atoms with Gasteiger partial charge in [-0.05, 0) is 67.1 Å². The van der Waals surface area contributed by atoms with Gasteiger partial charge in [-0.3, -0.25) is 4.79 Å². The number of Topliss-reactive ketones (excluding diaryl/α,β-unsaturated/α-hetero) is 1. The van der Waals surface area contributed by atoms with Crippen molar-refractivity contribution in [3.8, 4) is 11.5 Å². The van der Waals surface area contributed by atoms with Crippen molar-refractivity contribution in [2.45, 2.75) is 33.1 Å². The summed E-state index contributed by atoms with van der Waals surface area (Å²) in [7, 11) is 0. The van der Waals surface area contributed by atoms with E-state index in [1.54, 1.807) is 0 Å². The predicted octanol–water partition coefficient (Wildman–Crippen LogP) is 8.19. The minimum atomic E-state index is -1.07. The van der Waals surface area contributed by atoms with Crippen LogP contribution in [0.1, 0.15) is 54.7 Å². The maximum Gasteiger partial charge on any atom is 0.182 e. The second kappa shape index (κ2) is 19.2. The van der Waals surface area contributed by atoms with Crippen molar-refractivity contribution < 1.29 is 14.3 Å². The van der Waals surface area contributed by atoms with Gasteiger partial charge < -0.3 is 19.3 Å². The number of carbonyl (C=O) groups excluding carboxylic acids is 1. The second-order valence-corrected chi connectivity index (χ2v) is 10.6. The van der Waals surface area contributed by atoms with Crippen LogP contribution in [0.15, 0.2) is 109 Å². The zero-order valence-corrected chi connectivity index (χ0v) is 28.6. The Kier molecular flexibility index (Phi) is 16.2. The van der Waals surface area contributed by atoms with Crippen molar-refractivity contribution in [3.63, 3.8) is 0 Å². The quantitative estimate of drug-likeness (QED) is 0.0851. The van der Waals surface area contributed by atoms with Gasteiger partial charge in [0.05, 0.1) is 0 Å². The molecule has 45 heavy (non-hydrogen) atoms. The van der Waals surface area contributed by atoms with Gasteiger partial charge in [-0.2, -0.15) is 0 Å². The van der Waals surface area contributed by atoms with Gasteiger partial charge in [0.1, 0.15) is 30.1 Å². The number of ether oxygens (including phenoxy) is 2. The minimum absolute atomic E-state index is 0. The van der Waals surface area contributed by atoms with Gasteiger partial charge in [-0.15, -0.1) is 24.8 Å². The summed E-state index contributed by atoms with van der Waals surface area (Å²) in [6.45, 7) is 15.6. The van der Waals surface area contributed by atoms with E-state index in [1.807, 2.05) is 109 Å². The molecule has 4 aromatic rings. The summed E-state index contributed by atoms with van der Waals surface area (Å²) in [6, 6.07) is 35.7. The Labute approximate surface area is 282 Å². The number of carbonyl (C=O) groups is 1. The molecule has 0 fully saturated rings. The molecule has 0 unspecified atom stereocenters. The first kappa shape index (κ1) is 37.8. The van der Waals surface area contributed by atoms with Crippen molar-refractivity contribution in [2.24, 2.45) is 0 Å². The highest BCUT2D eigenvalue weighted by Crippen LogP contribution is 2.43.